The van der Waals surface area contributed by atoms with E-state index in [0.29, 0.717) is 12.0 Å². The molecule has 5 atom stereocenters. The van der Waals surface area contributed by atoms with E-state index < -0.39 is 48.1 Å². The molecule has 1 heterocycles. The third-order valence-corrected chi connectivity index (χ3v) is 9.02. The Morgan fingerprint density at radius 3 is 2.26 bits per heavy atom. The van der Waals surface area contributed by atoms with Gasteiger partial charge in [-0.15, -0.1) is 0 Å². The Morgan fingerprint density at radius 1 is 0.940 bits per heavy atom. The average Bonchev–Trinajstić information content (AvgIpc) is 3.45. The molecular formula is C39H45N3O8. The largest absolute Gasteiger partial charge is 0.454 e. The topological polar surface area (TPSA) is 152 Å². The van der Waals surface area contributed by atoms with Gasteiger partial charge in [0, 0.05) is 25.5 Å². The van der Waals surface area contributed by atoms with Crippen LogP contribution in [-0.4, -0.2) is 74.0 Å². The standard InChI is InChI=1S/C39H45N3O8/c1-25(22-43)40-35(44)21-27-15-7-4-8-20-33(38(46)50-36(26-13-5-3-6-14-26)34(24-48-2)41-37(27)45)42-39(47)49-23-32-30-18-11-9-16-28(30)29-17-10-12-19-31(29)32/h3-7,9-14,16-19,25,27,32-34,36,43H,8,15,20-24H2,1-2H3,(H,40,44)(H,41,45)(H,42,47). The normalized spacial score (nSPS) is 21.6. The number of fused-ring (bicyclic) bond motifs is 3. The lowest BCUT2D eigenvalue weighted by Gasteiger charge is -2.30. The quantitative estimate of drug-likeness (QED) is 0.180. The molecule has 0 aromatic heterocycles. The number of allylic oxidation sites excluding steroid dienone is 2. The summed E-state index contributed by atoms with van der Waals surface area (Å²) in [6, 6.07) is 22.7. The number of carbonyl (C=O) groups is 4. The van der Waals surface area contributed by atoms with Crippen LogP contribution in [0.3, 0.4) is 0 Å². The molecule has 0 saturated heterocycles. The van der Waals surface area contributed by atoms with Crippen LogP contribution in [0.1, 0.15) is 61.3 Å². The predicted octanol–water partition coefficient (Wildman–Crippen LogP) is 4.55. The maximum absolute atomic E-state index is 13.9. The molecule has 50 heavy (non-hydrogen) atoms. The Kier molecular flexibility index (Phi) is 12.8. The number of hydrogen-bond acceptors (Lipinski definition) is 8. The summed E-state index contributed by atoms with van der Waals surface area (Å²) >= 11 is 0. The van der Waals surface area contributed by atoms with Crippen molar-refractivity contribution in [2.24, 2.45) is 5.92 Å². The number of benzene rings is 3. The number of cyclic esters (lactones) is 1. The van der Waals surface area contributed by atoms with Gasteiger partial charge in [0.2, 0.25) is 11.8 Å². The van der Waals surface area contributed by atoms with Gasteiger partial charge in [-0.1, -0.05) is 91.0 Å². The van der Waals surface area contributed by atoms with Crippen molar-refractivity contribution < 1.29 is 38.5 Å². The molecular weight excluding hydrogens is 638 g/mol. The highest BCUT2D eigenvalue weighted by molar-refractivity contribution is 5.86. The second kappa shape index (κ2) is 17.6. The van der Waals surface area contributed by atoms with Crippen LogP contribution in [-0.2, 0) is 28.6 Å². The molecule has 1 aliphatic heterocycles. The predicted molar refractivity (Wildman–Crippen MR) is 187 cm³/mol. The smallest absolute Gasteiger partial charge is 0.407 e. The summed E-state index contributed by atoms with van der Waals surface area (Å²) < 4.78 is 17.3. The highest BCUT2D eigenvalue weighted by Gasteiger charge is 2.35. The highest BCUT2D eigenvalue weighted by atomic mass is 16.6. The zero-order valence-corrected chi connectivity index (χ0v) is 28.4. The van der Waals surface area contributed by atoms with Gasteiger partial charge in [0.25, 0.3) is 0 Å². The molecule has 3 aromatic rings. The minimum absolute atomic E-state index is 0.000638. The Bertz CT molecular complexity index is 1620. The van der Waals surface area contributed by atoms with Crippen LogP contribution in [0.4, 0.5) is 4.79 Å². The number of hydrogen-bond donors (Lipinski definition) is 4. The maximum Gasteiger partial charge on any atom is 0.407 e. The lowest BCUT2D eigenvalue weighted by Crippen LogP contribution is -2.49. The maximum atomic E-state index is 13.9. The number of methoxy groups -OCH3 is 1. The minimum Gasteiger partial charge on any atom is -0.454 e. The van der Waals surface area contributed by atoms with Crippen molar-refractivity contribution >= 4 is 23.9 Å². The fraction of sp³-hybridized carbons (Fsp3) is 0.385. The number of aliphatic hydroxyl groups is 1. The second-order valence-corrected chi connectivity index (χ2v) is 12.7. The first-order valence-corrected chi connectivity index (χ1v) is 17.0. The van der Waals surface area contributed by atoms with E-state index in [1.807, 2.05) is 48.5 Å². The molecule has 11 heteroatoms. The van der Waals surface area contributed by atoms with Gasteiger partial charge in [0.15, 0.2) is 0 Å². The molecule has 5 rings (SSSR count). The Hall–Kier alpha value is -5.00. The van der Waals surface area contributed by atoms with Crippen LogP contribution < -0.4 is 16.0 Å². The van der Waals surface area contributed by atoms with Crippen molar-refractivity contribution in [2.45, 2.75) is 62.8 Å². The van der Waals surface area contributed by atoms with Gasteiger partial charge in [-0.3, -0.25) is 9.59 Å². The molecule has 0 saturated carbocycles. The lowest BCUT2D eigenvalue weighted by molar-refractivity contribution is -0.155. The summed E-state index contributed by atoms with van der Waals surface area (Å²) in [7, 11) is 1.47. The number of aliphatic hydroxyl groups excluding tert-OH is 1. The first-order valence-electron chi connectivity index (χ1n) is 17.0. The first kappa shape index (κ1) is 36.3. The Morgan fingerprint density at radius 2 is 1.60 bits per heavy atom. The number of alkyl carbamates (subject to hydrolysis) is 1. The van der Waals surface area contributed by atoms with E-state index in [1.54, 1.807) is 37.3 Å². The number of amides is 3. The van der Waals surface area contributed by atoms with E-state index in [9.17, 15) is 24.3 Å². The third-order valence-electron chi connectivity index (χ3n) is 9.02. The molecule has 0 bridgehead atoms. The van der Waals surface area contributed by atoms with Crippen molar-refractivity contribution in [1.29, 1.82) is 0 Å². The molecule has 4 N–H and O–H groups in total. The van der Waals surface area contributed by atoms with Gasteiger partial charge < -0.3 is 35.3 Å². The van der Waals surface area contributed by atoms with Crippen LogP contribution in [0, 0.1) is 5.92 Å². The van der Waals surface area contributed by atoms with Crippen LogP contribution in [0.5, 0.6) is 0 Å². The summed E-state index contributed by atoms with van der Waals surface area (Å²) in [5.74, 6) is -2.35. The van der Waals surface area contributed by atoms with Gasteiger partial charge in [-0.05, 0) is 54.0 Å². The fourth-order valence-corrected chi connectivity index (χ4v) is 6.48. The van der Waals surface area contributed by atoms with E-state index in [4.69, 9.17) is 14.2 Å². The van der Waals surface area contributed by atoms with Crippen LogP contribution in [0.25, 0.3) is 11.1 Å². The molecule has 5 unspecified atom stereocenters. The zero-order valence-electron chi connectivity index (χ0n) is 28.4. The minimum atomic E-state index is -1.05. The number of carbonyl (C=O) groups excluding carboxylic acids is 4. The molecule has 0 fully saturated rings. The number of rotatable bonds is 10. The number of nitrogens with one attached hydrogen (secondary N) is 3. The summed E-state index contributed by atoms with van der Waals surface area (Å²) in [6.07, 6.45) is 2.61. The molecule has 2 aliphatic rings. The van der Waals surface area contributed by atoms with Crippen molar-refractivity contribution in [1.82, 2.24) is 16.0 Å². The molecule has 0 spiro atoms. The molecule has 1 aliphatic carbocycles. The first-order chi connectivity index (χ1) is 24.3. The fourth-order valence-electron chi connectivity index (χ4n) is 6.48. The van der Waals surface area contributed by atoms with Crippen molar-refractivity contribution in [3.05, 3.63) is 108 Å². The van der Waals surface area contributed by atoms with Crippen LogP contribution in [0.2, 0.25) is 0 Å². The van der Waals surface area contributed by atoms with E-state index in [-0.39, 0.29) is 50.9 Å². The van der Waals surface area contributed by atoms with E-state index >= 15 is 0 Å². The van der Waals surface area contributed by atoms with E-state index in [1.165, 1.54) is 7.11 Å². The third kappa shape index (κ3) is 9.16. The van der Waals surface area contributed by atoms with Crippen LogP contribution >= 0.6 is 0 Å². The van der Waals surface area contributed by atoms with Crippen molar-refractivity contribution in [2.75, 3.05) is 26.9 Å². The van der Waals surface area contributed by atoms with Crippen molar-refractivity contribution in [3.63, 3.8) is 0 Å². The summed E-state index contributed by atoms with van der Waals surface area (Å²) in [4.78, 5) is 53.5. The summed E-state index contributed by atoms with van der Waals surface area (Å²) in [6.45, 7) is 1.53. The summed E-state index contributed by atoms with van der Waals surface area (Å²) in [5.41, 5.74) is 4.97. The van der Waals surface area contributed by atoms with Crippen molar-refractivity contribution in [3.8, 4) is 11.1 Å². The highest BCUT2D eigenvalue weighted by Crippen LogP contribution is 2.44. The number of ether oxygens (including phenoxy) is 3. The molecule has 264 valence electrons. The zero-order chi connectivity index (χ0) is 35.5. The molecule has 11 nitrogen and oxygen atoms in total. The van der Waals surface area contributed by atoms with Crippen LogP contribution in [0.15, 0.2) is 91.0 Å². The monoisotopic (exact) mass is 683 g/mol. The molecule has 0 radical (unpaired) electrons. The summed E-state index contributed by atoms with van der Waals surface area (Å²) in [5, 5.41) is 17.7. The average molecular weight is 684 g/mol. The molecule has 3 aromatic carbocycles. The SMILES string of the molecule is COCC1NC(=O)C(CC(=O)NC(C)CO)CC=CCCC(NC(=O)OCC2c3ccccc3-c3ccccc32)C(=O)OC1c1ccccc1. The Labute approximate surface area is 292 Å². The number of esters is 1. The lowest BCUT2D eigenvalue weighted by atomic mass is 9.97. The second-order valence-electron chi connectivity index (χ2n) is 12.7. The molecule has 3 amide bonds. The van der Waals surface area contributed by atoms with Gasteiger partial charge in [0.1, 0.15) is 18.8 Å². The van der Waals surface area contributed by atoms with Gasteiger partial charge in [-0.25, -0.2) is 9.59 Å². The van der Waals surface area contributed by atoms with Gasteiger partial charge in [-0.2, -0.15) is 0 Å². The van der Waals surface area contributed by atoms with E-state index in [0.717, 1.165) is 22.3 Å². The van der Waals surface area contributed by atoms with Gasteiger partial charge in [0.05, 0.1) is 25.2 Å². The van der Waals surface area contributed by atoms with E-state index in [2.05, 4.69) is 28.1 Å². The Balaban J connectivity index is 1.35. The van der Waals surface area contributed by atoms with Gasteiger partial charge >= 0.3 is 12.1 Å².